The highest BCUT2D eigenvalue weighted by atomic mass is 16.5. The molecule has 1 fully saturated rings. The van der Waals surface area contributed by atoms with Crippen molar-refractivity contribution in [3.8, 4) is 0 Å². The predicted octanol–water partition coefficient (Wildman–Crippen LogP) is 3.57. The molecule has 3 rings (SSSR count). The van der Waals surface area contributed by atoms with Crippen LogP contribution >= 0.6 is 0 Å². The topological polar surface area (TPSA) is 21.3 Å². The first-order valence-electron chi connectivity index (χ1n) is 7.68. The first kappa shape index (κ1) is 14.3. The molecule has 0 radical (unpaired) electrons. The van der Waals surface area contributed by atoms with Crippen molar-refractivity contribution in [1.29, 1.82) is 0 Å². The third-order valence-corrected chi connectivity index (χ3v) is 4.74. The number of hydrogen-bond acceptors (Lipinski definition) is 2. The minimum Gasteiger partial charge on any atom is -0.365 e. The molecule has 2 heteroatoms. The van der Waals surface area contributed by atoms with E-state index in [2.05, 4.69) is 72.9 Å². The van der Waals surface area contributed by atoms with Gasteiger partial charge in [-0.3, -0.25) is 0 Å². The lowest BCUT2D eigenvalue weighted by Gasteiger charge is -2.30. The molecule has 0 aliphatic carbocycles. The second kappa shape index (κ2) is 6.00. The maximum absolute atomic E-state index is 6.41. The maximum Gasteiger partial charge on any atom is 0.118 e. The van der Waals surface area contributed by atoms with Gasteiger partial charge in [0.2, 0.25) is 0 Å². The number of benzene rings is 2. The van der Waals surface area contributed by atoms with E-state index in [9.17, 15) is 0 Å². The quantitative estimate of drug-likeness (QED) is 0.925. The summed E-state index contributed by atoms with van der Waals surface area (Å²) in [6.45, 7) is 3.03. The SMILES string of the molecule is CNC(C)C1COC(c2ccccc2)(c2ccccc2)C1. The molecular formula is C19H23NO. The highest BCUT2D eigenvalue weighted by molar-refractivity contribution is 5.37. The fraction of sp³-hybridized carbons (Fsp3) is 0.368. The second-order valence-electron chi connectivity index (χ2n) is 5.91. The van der Waals surface area contributed by atoms with Crippen molar-refractivity contribution >= 4 is 0 Å². The van der Waals surface area contributed by atoms with Gasteiger partial charge in [0.05, 0.1) is 6.61 Å². The van der Waals surface area contributed by atoms with Gasteiger partial charge in [0.25, 0.3) is 0 Å². The molecule has 0 bridgehead atoms. The molecule has 2 atom stereocenters. The summed E-state index contributed by atoms with van der Waals surface area (Å²) in [5.41, 5.74) is 2.20. The molecule has 1 N–H and O–H groups in total. The molecule has 0 amide bonds. The summed E-state index contributed by atoms with van der Waals surface area (Å²) in [7, 11) is 2.02. The van der Waals surface area contributed by atoms with E-state index in [1.54, 1.807) is 0 Å². The second-order valence-corrected chi connectivity index (χ2v) is 5.91. The Morgan fingerprint density at radius 3 is 2.00 bits per heavy atom. The van der Waals surface area contributed by atoms with Crippen LogP contribution in [-0.2, 0) is 10.3 Å². The first-order valence-corrected chi connectivity index (χ1v) is 7.68. The smallest absolute Gasteiger partial charge is 0.118 e. The predicted molar refractivity (Wildman–Crippen MR) is 86.2 cm³/mol. The van der Waals surface area contributed by atoms with Crippen molar-refractivity contribution in [2.24, 2.45) is 5.92 Å². The standard InChI is InChI=1S/C19H23NO/c1-15(20-2)16-13-19(21-14-16,17-9-5-3-6-10-17)18-11-7-4-8-12-18/h3-12,15-16,20H,13-14H2,1-2H3. The van der Waals surface area contributed by atoms with Crippen LogP contribution in [0.2, 0.25) is 0 Å². The molecule has 0 saturated carbocycles. The fourth-order valence-electron chi connectivity index (χ4n) is 3.28. The molecule has 110 valence electrons. The average Bonchev–Trinajstić information content (AvgIpc) is 3.02. The number of hydrogen-bond donors (Lipinski definition) is 1. The average molecular weight is 281 g/mol. The molecule has 2 nitrogen and oxygen atoms in total. The van der Waals surface area contributed by atoms with Crippen molar-refractivity contribution in [1.82, 2.24) is 5.32 Å². The van der Waals surface area contributed by atoms with Crippen LogP contribution in [0.4, 0.5) is 0 Å². The summed E-state index contributed by atoms with van der Waals surface area (Å²) in [4.78, 5) is 0. The Morgan fingerprint density at radius 1 is 1.00 bits per heavy atom. The van der Waals surface area contributed by atoms with Crippen LogP contribution < -0.4 is 5.32 Å². The van der Waals surface area contributed by atoms with Crippen LogP contribution in [0.3, 0.4) is 0 Å². The molecule has 1 aliphatic heterocycles. The Bertz CT molecular complexity index is 527. The summed E-state index contributed by atoms with van der Waals surface area (Å²) in [5, 5.41) is 3.37. The minimum atomic E-state index is -0.307. The van der Waals surface area contributed by atoms with Crippen LogP contribution in [0.25, 0.3) is 0 Å². The van der Waals surface area contributed by atoms with Gasteiger partial charge in [-0.05, 0) is 31.5 Å². The summed E-state index contributed by atoms with van der Waals surface area (Å²) < 4.78 is 6.41. The molecule has 0 aromatic heterocycles. The third kappa shape index (κ3) is 2.61. The van der Waals surface area contributed by atoms with Crippen LogP contribution in [0.15, 0.2) is 60.7 Å². The van der Waals surface area contributed by atoms with Crippen LogP contribution in [0.5, 0.6) is 0 Å². The first-order chi connectivity index (χ1) is 10.3. The summed E-state index contributed by atoms with van der Waals surface area (Å²) in [6, 6.07) is 21.7. The summed E-state index contributed by atoms with van der Waals surface area (Å²) >= 11 is 0. The van der Waals surface area contributed by atoms with E-state index < -0.39 is 0 Å². The van der Waals surface area contributed by atoms with E-state index in [0.29, 0.717) is 12.0 Å². The van der Waals surface area contributed by atoms with Crippen LogP contribution in [0, 0.1) is 5.92 Å². The Morgan fingerprint density at radius 2 is 1.52 bits per heavy atom. The lowest BCUT2D eigenvalue weighted by molar-refractivity contribution is 0.0338. The van der Waals surface area contributed by atoms with Gasteiger partial charge in [0.15, 0.2) is 0 Å². The van der Waals surface area contributed by atoms with Gasteiger partial charge in [0.1, 0.15) is 5.60 Å². The monoisotopic (exact) mass is 281 g/mol. The van der Waals surface area contributed by atoms with E-state index >= 15 is 0 Å². The Hall–Kier alpha value is -1.64. The largest absolute Gasteiger partial charge is 0.365 e. The van der Waals surface area contributed by atoms with Gasteiger partial charge in [0, 0.05) is 12.0 Å². The molecule has 0 spiro atoms. The van der Waals surface area contributed by atoms with E-state index in [-0.39, 0.29) is 5.60 Å². The van der Waals surface area contributed by atoms with E-state index in [4.69, 9.17) is 4.74 Å². The zero-order chi connectivity index (χ0) is 14.7. The molecule has 21 heavy (non-hydrogen) atoms. The lowest BCUT2D eigenvalue weighted by atomic mass is 9.80. The zero-order valence-corrected chi connectivity index (χ0v) is 12.8. The molecule has 1 saturated heterocycles. The maximum atomic E-state index is 6.41. The zero-order valence-electron chi connectivity index (χ0n) is 12.8. The van der Waals surface area contributed by atoms with Crippen LogP contribution in [-0.4, -0.2) is 19.7 Å². The van der Waals surface area contributed by atoms with Gasteiger partial charge >= 0.3 is 0 Å². The van der Waals surface area contributed by atoms with Gasteiger partial charge < -0.3 is 10.1 Å². The molecule has 2 aromatic rings. The van der Waals surface area contributed by atoms with Gasteiger partial charge in [-0.15, -0.1) is 0 Å². The van der Waals surface area contributed by atoms with Crippen molar-refractivity contribution in [3.63, 3.8) is 0 Å². The third-order valence-electron chi connectivity index (χ3n) is 4.74. The van der Waals surface area contributed by atoms with Crippen LogP contribution in [0.1, 0.15) is 24.5 Å². The van der Waals surface area contributed by atoms with Gasteiger partial charge in [-0.25, -0.2) is 0 Å². The number of ether oxygens (including phenoxy) is 1. The van der Waals surface area contributed by atoms with E-state index in [1.165, 1.54) is 11.1 Å². The lowest BCUT2D eigenvalue weighted by Crippen LogP contribution is -2.32. The minimum absolute atomic E-state index is 0.307. The summed E-state index contributed by atoms with van der Waals surface area (Å²) in [5.74, 6) is 0.524. The molecule has 1 aliphatic rings. The Balaban J connectivity index is 2.02. The van der Waals surface area contributed by atoms with E-state index in [1.807, 2.05) is 7.05 Å². The van der Waals surface area contributed by atoms with Gasteiger partial charge in [-0.1, -0.05) is 60.7 Å². The highest BCUT2D eigenvalue weighted by Gasteiger charge is 2.44. The molecule has 2 aromatic carbocycles. The number of nitrogens with one attached hydrogen (secondary N) is 1. The van der Waals surface area contributed by atoms with Crippen molar-refractivity contribution < 1.29 is 4.74 Å². The fourth-order valence-corrected chi connectivity index (χ4v) is 3.28. The van der Waals surface area contributed by atoms with Crippen molar-refractivity contribution in [3.05, 3.63) is 71.8 Å². The molecule has 2 unspecified atom stereocenters. The Kier molecular flexibility index (Phi) is 4.09. The van der Waals surface area contributed by atoms with E-state index in [0.717, 1.165) is 13.0 Å². The van der Waals surface area contributed by atoms with Gasteiger partial charge in [-0.2, -0.15) is 0 Å². The van der Waals surface area contributed by atoms with Crippen molar-refractivity contribution in [2.45, 2.75) is 25.0 Å². The normalized spacial score (nSPS) is 22.1. The number of rotatable bonds is 4. The summed E-state index contributed by atoms with van der Waals surface area (Å²) in [6.07, 6.45) is 1.02. The van der Waals surface area contributed by atoms with Crippen molar-refractivity contribution in [2.75, 3.05) is 13.7 Å². The molecule has 1 heterocycles. The highest BCUT2D eigenvalue weighted by Crippen LogP contribution is 2.45. The molecular weight excluding hydrogens is 258 g/mol. The Labute approximate surface area is 127 Å².